The van der Waals surface area contributed by atoms with Crippen molar-refractivity contribution in [3.05, 3.63) is 28.3 Å². The number of hydrogen-bond acceptors (Lipinski definition) is 5. The zero-order valence-electron chi connectivity index (χ0n) is 12.2. The predicted octanol–water partition coefficient (Wildman–Crippen LogP) is 2.36. The number of anilines is 2. The number of rotatable bonds is 5. The third-order valence-corrected chi connectivity index (χ3v) is 3.99. The van der Waals surface area contributed by atoms with Crippen LogP contribution < -0.4 is 9.80 Å². The van der Waals surface area contributed by atoms with Crippen molar-refractivity contribution >= 4 is 17.1 Å². The van der Waals surface area contributed by atoms with Gasteiger partial charge in [-0.3, -0.25) is 10.1 Å². The molecule has 0 saturated carbocycles. The van der Waals surface area contributed by atoms with Crippen LogP contribution >= 0.6 is 0 Å². The first kappa shape index (κ1) is 14.6. The highest BCUT2D eigenvalue weighted by atomic mass is 16.6. The van der Waals surface area contributed by atoms with Crippen LogP contribution in [-0.4, -0.2) is 35.9 Å². The molecule has 0 amide bonds. The summed E-state index contributed by atoms with van der Waals surface area (Å²) in [6.45, 7) is 5.14. The molecule has 0 aliphatic carbocycles. The highest BCUT2D eigenvalue weighted by Gasteiger charge is 2.27. The minimum atomic E-state index is -0.692. The Hall–Kier alpha value is -1.82. The SMILES string of the molecule is CCC(C)(O)CCN1CN(C)c2ccc([N+](=O)[O-])cc21. The first-order valence-electron chi connectivity index (χ1n) is 6.81. The molecule has 20 heavy (non-hydrogen) atoms. The fourth-order valence-electron chi connectivity index (χ4n) is 2.35. The molecule has 2 rings (SSSR count). The Balaban J connectivity index is 2.19. The zero-order chi connectivity index (χ0) is 14.9. The normalized spacial score (nSPS) is 17.0. The van der Waals surface area contributed by atoms with Gasteiger partial charge in [0.2, 0.25) is 0 Å². The van der Waals surface area contributed by atoms with Gasteiger partial charge in [0.1, 0.15) is 0 Å². The van der Waals surface area contributed by atoms with Crippen LogP contribution in [0.4, 0.5) is 17.1 Å². The molecule has 0 aromatic heterocycles. The quantitative estimate of drug-likeness (QED) is 0.662. The molecule has 110 valence electrons. The van der Waals surface area contributed by atoms with Gasteiger partial charge in [-0.15, -0.1) is 0 Å². The van der Waals surface area contributed by atoms with Crippen LogP contribution in [-0.2, 0) is 0 Å². The van der Waals surface area contributed by atoms with Gasteiger partial charge in [-0.2, -0.15) is 0 Å². The Morgan fingerprint density at radius 1 is 1.45 bits per heavy atom. The van der Waals surface area contributed by atoms with E-state index in [0.29, 0.717) is 26.1 Å². The van der Waals surface area contributed by atoms with E-state index < -0.39 is 5.60 Å². The molecule has 6 nitrogen and oxygen atoms in total. The number of nitro groups is 1. The summed E-state index contributed by atoms with van der Waals surface area (Å²) < 4.78 is 0. The first-order valence-corrected chi connectivity index (χ1v) is 6.81. The van der Waals surface area contributed by atoms with E-state index in [0.717, 1.165) is 11.4 Å². The Kier molecular flexibility index (Phi) is 3.85. The van der Waals surface area contributed by atoms with Crippen LogP contribution in [0.3, 0.4) is 0 Å². The monoisotopic (exact) mass is 279 g/mol. The standard InChI is InChI=1S/C14H21N3O3/c1-4-14(2,18)7-8-16-10-15(3)12-6-5-11(17(19)20)9-13(12)16/h5-6,9,18H,4,7-8,10H2,1-3H3. The Morgan fingerprint density at radius 3 is 2.75 bits per heavy atom. The van der Waals surface area contributed by atoms with E-state index in [9.17, 15) is 15.2 Å². The van der Waals surface area contributed by atoms with Crippen molar-refractivity contribution in [2.24, 2.45) is 0 Å². The average Bonchev–Trinajstić information content (AvgIpc) is 2.73. The number of aliphatic hydroxyl groups is 1. The molecule has 1 aromatic rings. The summed E-state index contributed by atoms with van der Waals surface area (Å²) in [5, 5.41) is 21.0. The summed E-state index contributed by atoms with van der Waals surface area (Å²) in [6, 6.07) is 4.92. The van der Waals surface area contributed by atoms with Crippen molar-refractivity contribution in [2.45, 2.75) is 32.3 Å². The van der Waals surface area contributed by atoms with Gasteiger partial charge in [0, 0.05) is 25.7 Å². The van der Waals surface area contributed by atoms with E-state index in [1.165, 1.54) is 6.07 Å². The maximum absolute atomic E-state index is 10.9. The number of nitro benzene ring substituents is 1. The third kappa shape index (κ3) is 2.85. The molecule has 0 fully saturated rings. The lowest BCUT2D eigenvalue weighted by atomic mass is 9.99. The maximum atomic E-state index is 10.9. The number of benzene rings is 1. The van der Waals surface area contributed by atoms with E-state index in [1.54, 1.807) is 12.1 Å². The lowest BCUT2D eigenvalue weighted by Crippen LogP contribution is -2.34. The smallest absolute Gasteiger partial charge is 0.271 e. The van der Waals surface area contributed by atoms with E-state index in [2.05, 4.69) is 9.80 Å². The summed E-state index contributed by atoms with van der Waals surface area (Å²) in [4.78, 5) is 14.6. The molecule has 1 aliphatic rings. The Bertz CT molecular complexity index is 516. The van der Waals surface area contributed by atoms with Crippen molar-refractivity contribution in [3.63, 3.8) is 0 Å². The molecule has 0 radical (unpaired) electrons. The number of fused-ring (bicyclic) bond motifs is 1. The summed E-state index contributed by atoms with van der Waals surface area (Å²) in [7, 11) is 1.96. The molecule has 1 N–H and O–H groups in total. The number of non-ortho nitro benzene ring substituents is 1. The summed E-state index contributed by atoms with van der Waals surface area (Å²) in [5.74, 6) is 0. The minimum Gasteiger partial charge on any atom is -0.390 e. The zero-order valence-corrected chi connectivity index (χ0v) is 12.2. The summed E-state index contributed by atoms with van der Waals surface area (Å²) >= 11 is 0. The lowest BCUT2D eigenvalue weighted by molar-refractivity contribution is -0.384. The van der Waals surface area contributed by atoms with E-state index in [4.69, 9.17) is 0 Å². The highest BCUT2D eigenvalue weighted by molar-refractivity contribution is 5.78. The van der Waals surface area contributed by atoms with Gasteiger partial charge in [0.05, 0.1) is 28.6 Å². The van der Waals surface area contributed by atoms with Gasteiger partial charge in [-0.05, 0) is 25.8 Å². The predicted molar refractivity (Wildman–Crippen MR) is 79.2 cm³/mol. The molecule has 1 heterocycles. The second-order valence-corrected chi connectivity index (χ2v) is 5.63. The van der Waals surface area contributed by atoms with Gasteiger partial charge in [-0.25, -0.2) is 0 Å². The fraction of sp³-hybridized carbons (Fsp3) is 0.571. The largest absolute Gasteiger partial charge is 0.390 e. The van der Waals surface area contributed by atoms with Crippen molar-refractivity contribution in [1.29, 1.82) is 0 Å². The third-order valence-electron chi connectivity index (χ3n) is 3.99. The van der Waals surface area contributed by atoms with Crippen LogP contribution in [0.2, 0.25) is 0 Å². The lowest BCUT2D eigenvalue weighted by Gasteiger charge is -2.26. The average molecular weight is 279 g/mol. The molecule has 0 saturated heterocycles. The summed E-state index contributed by atoms with van der Waals surface area (Å²) in [6.07, 6.45) is 1.33. The first-order chi connectivity index (χ1) is 9.34. The van der Waals surface area contributed by atoms with Gasteiger partial charge < -0.3 is 14.9 Å². The minimum absolute atomic E-state index is 0.103. The van der Waals surface area contributed by atoms with Gasteiger partial charge in [-0.1, -0.05) is 6.92 Å². The maximum Gasteiger partial charge on any atom is 0.271 e. The fourth-order valence-corrected chi connectivity index (χ4v) is 2.35. The highest BCUT2D eigenvalue weighted by Crippen LogP contribution is 2.38. The topological polar surface area (TPSA) is 69.8 Å². The van der Waals surface area contributed by atoms with Crippen molar-refractivity contribution < 1.29 is 10.0 Å². The molecule has 6 heteroatoms. The molecule has 1 aliphatic heterocycles. The summed E-state index contributed by atoms with van der Waals surface area (Å²) in [5.41, 5.74) is 1.27. The van der Waals surface area contributed by atoms with Crippen LogP contribution in [0.1, 0.15) is 26.7 Å². The molecular formula is C14H21N3O3. The van der Waals surface area contributed by atoms with Crippen LogP contribution in [0.5, 0.6) is 0 Å². The van der Waals surface area contributed by atoms with E-state index in [-0.39, 0.29) is 10.6 Å². The van der Waals surface area contributed by atoms with Crippen molar-refractivity contribution in [2.75, 3.05) is 30.1 Å². The second-order valence-electron chi connectivity index (χ2n) is 5.63. The van der Waals surface area contributed by atoms with Gasteiger partial charge >= 0.3 is 0 Å². The molecule has 1 atom stereocenters. The molecule has 1 unspecified atom stereocenters. The Morgan fingerprint density at radius 2 is 2.15 bits per heavy atom. The molecular weight excluding hydrogens is 258 g/mol. The molecule has 0 bridgehead atoms. The second kappa shape index (κ2) is 5.28. The van der Waals surface area contributed by atoms with E-state index in [1.807, 2.05) is 20.9 Å². The van der Waals surface area contributed by atoms with Gasteiger partial charge in [0.15, 0.2) is 0 Å². The van der Waals surface area contributed by atoms with Crippen LogP contribution in [0.25, 0.3) is 0 Å². The molecule has 1 aromatic carbocycles. The van der Waals surface area contributed by atoms with Crippen molar-refractivity contribution in [3.8, 4) is 0 Å². The van der Waals surface area contributed by atoms with Crippen molar-refractivity contribution in [1.82, 2.24) is 0 Å². The van der Waals surface area contributed by atoms with Crippen LogP contribution in [0, 0.1) is 10.1 Å². The number of nitrogens with zero attached hydrogens (tertiary/aromatic N) is 3. The Labute approximate surface area is 118 Å². The van der Waals surface area contributed by atoms with Gasteiger partial charge in [0.25, 0.3) is 5.69 Å². The van der Waals surface area contributed by atoms with E-state index >= 15 is 0 Å². The van der Waals surface area contributed by atoms with Crippen LogP contribution in [0.15, 0.2) is 18.2 Å². The number of hydrogen-bond donors (Lipinski definition) is 1. The molecule has 0 spiro atoms.